The molecule has 2 heterocycles. The summed E-state index contributed by atoms with van der Waals surface area (Å²) >= 11 is 0. The molecule has 1 aromatic heterocycles. The Morgan fingerprint density at radius 2 is 2.00 bits per heavy atom. The lowest BCUT2D eigenvalue weighted by molar-refractivity contribution is 0.215. The molecule has 5 heteroatoms. The highest BCUT2D eigenvalue weighted by molar-refractivity contribution is 4.96. The highest BCUT2D eigenvalue weighted by Gasteiger charge is 2.23. The molecule has 0 aromatic carbocycles. The lowest BCUT2D eigenvalue weighted by Crippen LogP contribution is -2.35. The van der Waals surface area contributed by atoms with Crippen molar-refractivity contribution >= 4 is 0 Å². The summed E-state index contributed by atoms with van der Waals surface area (Å²) in [5.41, 5.74) is -0.0572. The van der Waals surface area contributed by atoms with Crippen LogP contribution in [-0.2, 0) is 0 Å². The van der Waals surface area contributed by atoms with Gasteiger partial charge in [0.2, 0.25) is 0 Å². The van der Waals surface area contributed by atoms with Crippen LogP contribution in [-0.4, -0.2) is 39.8 Å². The summed E-state index contributed by atoms with van der Waals surface area (Å²) in [5.74, 6) is 1.18. The molecule has 1 aliphatic rings. The molecule has 1 fully saturated rings. The Bertz CT molecular complexity index is 398. The smallest absolute Gasteiger partial charge is 0.306 e. The van der Waals surface area contributed by atoms with E-state index in [4.69, 9.17) is 0 Å². The van der Waals surface area contributed by atoms with E-state index in [2.05, 4.69) is 36.0 Å². The minimum absolute atomic E-state index is 0.0572. The summed E-state index contributed by atoms with van der Waals surface area (Å²) in [6.07, 6.45) is 2.07. The summed E-state index contributed by atoms with van der Waals surface area (Å²) in [4.78, 5) is 14.1. The zero-order valence-electron chi connectivity index (χ0n) is 10.2. The molecule has 90 valence electrons. The molecular weight excluding hydrogens is 204 g/mol. The van der Waals surface area contributed by atoms with Crippen LogP contribution in [0.25, 0.3) is 0 Å². The van der Waals surface area contributed by atoms with Gasteiger partial charge in [-0.15, -0.1) is 0 Å². The lowest BCUT2D eigenvalue weighted by Gasteiger charge is -2.30. The number of nitrogens with one attached hydrogen (secondary N) is 1. The fourth-order valence-electron chi connectivity index (χ4n) is 2.33. The predicted molar refractivity (Wildman–Crippen MR) is 62.7 cm³/mol. The van der Waals surface area contributed by atoms with Crippen molar-refractivity contribution in [3.63, 3.8) is 0 Å². The first-order valence-electron chi connectivity index (χ1n) is 5.95. The molecule has 0 radical (unpaired) electrons. The molecule has 0 aliphatic carbocycles. The van der Waals surface area contributed by atoms with Crippen LogP contribution < -0.4 is 5.69 Å². The summed E-state index contributed by atoms with van der Waals surface area (Å²) < 4.78 is 1.86. The van der Waals surface area contributed by atoms with Crippen LogP contribution in [0.4, 0.5) is 0 Å². The summed E-state index contributed by atoms with van der Waals surface area (Å²) in [6, 6.07) is 0.319. The summed E-state index contributed by atoms with van der Waals surface area (Å²) in [6.45, 7) is 6.25. The SMILES string of the molecule is CC(C)c1n[nH]c(=O)n1C1CCN(C)CC1. The molecule has 1 N–H and O–H groups in total. The average Bonchev–Trinajstić information content (AvgIpc) is 2.62. The molecular formula is C11H20N4O. The van der Waals surface area contributed by atoms with E-state index >= 15 is 0 Å². The Balaban J connectivity index is 2.26. The number of likely N-dealkylation sites (tertiary alicyclic amines) is 1. The van der Waals surface area contributed by atoms with E-state index in [9.17, 15) is 4.79 Å². The van der Waals surface area contributed by atoms with Crippen LogP contribution in [0, 0.1) is 0 Å². The topological polar surface area (TPSA) is 53.9 Å². The monoisotopic (exact) mass is 224 g/mol. The standard InChI is InChI=1S/C11H20N4O/c1-8(2)10-12-13-11(16)15(10)9-4-6-14(3)7-5-9/h8-9H,4-7H2,1-3H3,(H,13,16). The molecule has 0 saturated carbocycles. The molecule has 1 aromatic rings. The Hall–Kier alpha value is -1.10. The predicted octanol–water partition coefficient (Wildman–Crippen LogP) is 0.961. The van der Waals surface area contributed by atoms with Crippen LogP contribution in [0.5, 0.6) is 0 Å². The molecule has 5 nitrogen and oxygen atoms in total. The molecule has 0 unspecified atom stereocenters. The highest BCUT2D eigenvalue weighted by Crippen LogP contribution is 2.23. The Morgan fingerprint density at radius 3 is 2.56 bits per heavy atom. The van der Waals surface area contributed by atoms with Crippen molar-refractivity contribution in [2.45, 2.75) is 38.6 Å². The first-order chi connectivity index (χ1) is 7.59. The number of aromatic amines is 1. The zero-order valence-corrected chi connectivity index (χ0v) is 10.2. The lowest BCUT2D eigenvalue weighted by atomic mass is 10.0. The van der Waals surface area contributed by atoms with Gasteiger partial charge in [0, 0.05) is 12.0 Å². The number of H-pyrrole nitrogens is 1. The first kappa shape index (κ1) is 11.4. The number of hydrogen-bond acceptors (Lipinski definition) is 3. The van der Waals surface area contributed by atoms with Gasteiger partial charge in [0.05, 0.1) is 0 Å². The normalized spacial score (nSPS) is 19.5. The Morgan fingerprint density at radius 1 is 1.38 bits per heavy atom. The largest absolute Gasteiger partial charge is 0.343 e. The van der Waals surface area contributed by atoms with E-state index < -0.39 is 0 Å². The molecule has 0 bridgehead atoms. The van der Waals surface area contributed by atoms with Gasteiger partial charge in [-0.2, -0.15) is 5.10 Å². The van der Waals surface area contributed by atoms with Crippen molar-refractivity contribution in [2.75, 3.05) is 20.1 Å². The summed E-state index contributed by atoms with van der Waals surface area (Å²) in [5, 5.41) is 6.69. The second kappa shape index (κ2) is 4.41. The van der Waals surface area contributed by atoms with E-state index in [1.807, 2.05) is 4.57 Å². The minimum Gasteiger partial charge on any atom is -0.306 e. The number of piperidine rings is 1. The van der Waals surface area contributed by atoms with E-state index in [1.165, 1.54) is 0 Å². The zero-order chi connectivity index (χ0) is 11.7. The molecule has 1 saturated heterocycles. The van der Waals surface area contributed by atoms with Gasteiger partial charge < -0.3 is 4.90 Å². The number of aromatic nitrogens is 3. The second-order valence-corrected chi connectivity index (χ2v) is 4.95. The Kier molecular flexibility index (Phi) is 3.14. The molecule has 1 aliphatic heterocycles. The van der Waals surface area contributed by atoms with Crippen LogP contribution in [0.1, 0.15) is 44.5 Å². The quantitative estimate of drug-likeness (QED) is 0.814. The van der Waals surface area contributed by atoms with Gasteiger partial charge in [-0.05, 0) is 33.0 Å². The van der Waals surface area contributed by atoms with Crippen molar-refractivity contribution in [3.8, 4) is 0 Å². The number of nitrogens with zero attached hydrogens (tertiary/aromatic N) is 3. The Labute approximate surface area is 95.5 Å². The van der Waals surface area contributed by atoms with Crippen LogP contribution in [0.3, 0.4) is 0 Å². The van der Waals surface area contributed by atoms with E-state index in [-0.39, 0.29) is 5.69 Å². The van der Waals surface area contributed by atoms with Gasteiger partial charge in [0.1, 0.15) is 5.82 Å². The number of rotatable bonds is 2. The third kappa shape index (κ3) is 2.04. The molecule has 2 rings (SSSR count). The van der Waals surface area contributed by atoms with Gasteiger partial charge in [0.25, 0.3) is 0 Å². The van der Waals surface area contributed by atoms with Crippen LogP contribution in [0.15, 0.2) is 4.79 Å². The summed E-state index contributed by atoms with van der Waals surface area (Å²) in [7, 11) is 2.12. The molecule has 0 amide bonds. The van der Waals surface area contributed by atoms with Crippen molar-refractivity contribution in [1.29, 1.82) is 0 Å². The van der Waals surface area contributed by atoms with Crippen molar-refractivity contribution in [2.24, 2.45) is 0 Å². The van der Waals surface area contributed by atoms with E-state index in [1.54, 1.807) is 0 Å². The van der Waals surface area contributed by atoms with Gasteiger partial charge in [-0.1, -0.05) is 13.8 Å². The van der Waals surface area contributed by atoms with Crippen LogP contribution >= 0.6 is 0 Å². The third-order valence-electron chi connectivity index (χ3n) is 3.30. The van der Waals surface area contributed by atoms with Gasteiger partial charge in [0.15, 0.2) is 0 Å². The van der Waals surface area contributed by atoms with E-state index in [0.717, 1.165) is 31.8 Å². The average molecular weight is 224 g/mol. The first-order valence-corrected chi connectivity index (χ1v) is 5.95. The molecule has 16 heavy (non-hydrogen) atoms. The molecule has 0 atom stereocenters. The minimum atomic E-state index is -0.0572. The van der Waals surface area contributed by atoms with Crippen molar-refractivity contribution in [1.82, 2.24) is 19.7 Å². The maximum Gasteiger partial charge on any atom is 0.343 e. The van der Waals surface area contributed by atoms with E-state index in [0.29, 0.717) is 12.0 Å². The maximum atomic E-state index is 11.8. The third-order valence-corrected chi connectivity index (χ3v) is 3.30. The number of hydrogen-bond donors (Lipinski definition) is 1. The maximum absolute atomic E-state index is 11.8. The molecule has 0 spiro atoms. The van der Waals surface area contributed by atoms with Gasteiger partial charge >= 0.3 is 5.69 Å². The second-order valence-electron chi connectivity index (χ2n) is 4.95. The van der Waals surface area contributed by atoms with Crippen molar-refractivity contribution < 1.29 is 0 Å². The fourth-order valence-corrected chi connectivity index (χ4v) is 2.33. The van der Waals surface area contributed by atoms with Gasteiger partial charge in [-0.3, -0.25) is 4.57 Å². The van der Waals surface area contributed by atoms with Crippen molar-refractivity contribution in [3.05, 3.63) is 16.3 Å². The highest BCUT2D eigenvalue weighted by atomic mass is 16.1. The van der Waals surface area contributed by atoms with Gasteiger partial charge in [-0.25, -0.2) is 9.89 Å². The van der Waals surface area contributed by atoms with Crippen LogP contribution in [0.2, 0.25) is 0 Å². The fraction of sp³-hybridized carbons (Fsp3) is 0.818.